The van der Waals surface area contributed by atoms with Crippen LogP contribution in [0.25, 0.3) is 0 Å². The lowest BCUT2D eigenvalue weighted by molar-refractivity contribution is -0.0993. The lowest BCUT2D eigenvalue weighted by atomic mass is 9.44. The summed E-state index contributed by atoms with van der Waals surface area (Å²) in [7, 11) is 4.58. The zero-order valence-electron chi connectivity index (χ0n) is 19.1. The van der Waals surface area contributed by atoms with Gasteiger partial charge in [-0.25, -0.2) is 0 Å². The van der Waals surface area contributed by atoms with Gasteiger partial charge in [-0.05, 0) is 111 Å². The first kappa shape index (κ1) is 18.7. The molecule has 0 heterocycles. The molecule has 0 aliphatic heterocycles. The van der Waals surface area contributed by atoms with Crippen LogP contribution in [0.2, 0.25) is 0 Å². The van der Waals surface area contributed by atoms with Crippen LogP contribution in [0.5, 0.6) is 0 Å². The number of nitrogens with zero attached hydrogens (tertiary/aromatic N) is 1. The molecule has 0 aromatic carbocycles. The van der Waals surface area contributed by atoms with Crippen molar-refractivity contribution in [2.45, 2.75) is 92.0 Å². The molecule has 5 aliphatic carbocycles. The van der Waals surface area contributed by atoms with Gasteiger partial charge in [-0.15, -0.1) is 0 Å². The SMILES string of the molecule is CC(C1CCC2(C)C3C=CC4C(C)(C)CCCC45CC35CCC12C)N(C)C. The van der Waals surface area contributed by atoms with E-state index >= 15 is 0 Å². The van der Waals surface area contributed by atoms with E-state index in [0.29, 0.717) is 33.1 Å². The third-order valence-electron chi connectivity index (χ3n) is 11.7. The van der Waals surface area contributed by atoms with E-state index in [0.717, 1.165) is 17.8 Å². The molecule has 1 heteroatoms. The Morgan fingerprint density at radius 3 is 2.19 bits per heavy atom. The molecule has 1 nitrogen and oxygen atoms in total. The van der Waals surface area contributed by atoms with Gasteiger partial charge in [0, 0.05) is 6.04 Å². The Morgan fingerprint density at radius 1 is 0.815 bits per heavy atom. The molecule has 0 aromatic heterocycles. The third-order valence-corrected chi connectivity index (χ3v) is 11.7. The average Bonchev–Trinajstić information content (AvgIpc) is 3.16. The summed E-state index contributed by atoms with van der Waals surface area (Å²) < 4.78 is 0. The highest BCUT2D eigenvalue weighted by Crippen LogP contribution is 2.87. The summed E-state index contributed by atoms with van der Waals surface area (Å²) in [5.74, 6) is 2.55. The van der Waals surface area contributed by atoms with E-state index in [9.17, 15) is 0 Å². The molecule has 27 heavy (non-hydrogen) atoms. The van der Waals surface area contributed by atoms with Crippen molar-refractivity contribution < 1.29 is 0 Å². The first-order valence-corrected chi connectivity index (χ1v) is 11.9. The predicted octanol–water partition coefficient (Wildman–Crippen LogP) is 6.54. The molecule has 5 rings (SSSR count). The average molecular weight is 370 g/mol. The summed E-state index contributed by atoms with van der Waals surface area (Å²) in [6.07, 6.45) is 17.4. The highest BCUT2D eigenvalue weighted by atomic mass is 15.1. The van der Waals surface area contributed by atoms with Crippen molar-refractivity contribution >= 4 is 0 Å². The molecule has 0 saturated heterocycles. The van der Waals surface area contributed by atoms with E-state index in [1.54, 1.807) is 6.42 Å². The highest BCUT2D eigenvalue weighted by Gasteiger charge is 2.80. The summed E-state index contributed by atoms with van der Waals surface area (Å²) in [5.41, 5.74) is 2.87. The second-order valence-corrected chi connectivity index (χ2v) is 12.9. The van der Waals surface area contributed by atoms with Crippen LogP contribution in [0, 0.1) is 44.8 Å². The largest absolute Gasteiger partial charge is 0.306 e. The predicted molar refractivity (Wildman–Crippen MR) is 115 cm³/mol. The van der Waals surface area contributed by atoms with E-state index < -0.39 is 0 Å². The quantitative estimate of drug-likeness (QED) is 0.499. The van der Waals surface area contributed by atoms with Gasteiger partial charge in [0.25, 0.3) is 0 Å². The summed E-state index contributed by atoms with van der Waals surface area (Å²) in [6, 6.07) is 0.702. The van der Waals surface area contributed by atoms with Crippen molar-refractivity contribution in [2.75, 3.05) is 14.1 Å². The van der Waals surface area contributed by atoms with Gasteiger partial charge in [0.2, 0.25) is 0 Å². The zero-order valence-corrected chi connectivity index (χ0v) is 19.1. The molecule has 0 N–H and O–H groups in total. The summed E-state index contributed by atoms with van der Waals surface area (Å²) in [5, 5.41) is 0. The lowest BCUT2D eigenvalue weighted by Crippen LogP contribution is -2.55. The Kier molecular flexibility index (Phi) is 3.63. The van der Waals surface area contributed by atoms with Gasteiger partial charge >= 0.3 is 0 Å². The van der Waals surface area contributed by atoms with Crippen molar-refractivity contribution in [3.05, 3.63) is 12.2 Å². The van der Waals surface area contributed by atoms with Crippen LogP contribution in [0.3, 0.4) is 0 Å². The van der Waals surface area contributed by atoms with Crippen LogP contribution in [-0.2, 0) is 0 Å². The minimum Gasteiger partial charge on any atom is -0.306 e. The fraction of sp³-hybridized carbons (Fsp3) is 0.923. The molecule has 2 spiro atoms. The molecule has 4 fully saturated rings. The van der Waals surface area contributed by atoms with Crippen molar-refractivity contribution in [1.29, 1.82) is 0 Å². The van der Waals surface area contributed by atoms with Crippen molar-refractivity contribution in [2.24, 2.45) is 44.8 Å². The van der Waals surface area contributed by atoms with Gasteiger partial charge in [-0.1, -0.05) is 46.3 Å². The maximum Gasteiger partial charge on any atom is 0.00945 e. The van der Waals surface area contributed by atoms with Gasteiger partial charge in [0.1, 0.15) is 0 Å². The fourth-order valence-electron chi connectivity index (χ4n) is 9.86. The van der Waals surface area contributed by atoms with E-state index in [-0.39, 0.29) is 0 Å². The summed E-state index contributed by atoms with van der Waals surface area (Å²) in [4.78, 5) is 2.49. The molecule has 4 saturated carbocycles. The van der Waals surface area contributed by atoms with E-state index in [4.69, 9.17) is 0 Å². The van der Waals surface area contributed by atoms with Crippen LogP contribution in [0.1, 0.15) is 86.0 Å². The topological polar surface area (TPSA) is 3.24 Å². The molecule has 152 valence electrons. The van der Waals surface area contributed by atoms with E-state index in [1.165, 1.54) is 44.9 Å². The molecule has 0 amide bonds. The van der Waals surface area contributed by atoms with Crippen LogP contribution in [0.15, 0.2) is 12.2 Å². The molecular formula is C26H43N. The second-order valence-electron chi connectivity index (χ2n) is 12.9. The van der Waals surface area contributed by atoms with Gasteiger partial charge in [-0.2, -0.15) is 0 Å². The Bertz CT molecular complexity index is 676. The van der Waals surface area contributed by atoms with Gasteiger partial charge < -0.3 is 4.90 Å². The van der Waals surface area contributed by atoms with E-state index in [2.05, 4.69) is 65.8 Å². The van der Waals surface area contributed by atoms with Gasteiger partial charge in [0.05, 0.1) is 0 Å². The molecule has 8 atom stereocenters. The molecule has 5 aliphatic rings. The lowest BCUT2D eigenvalue weighted by Gasteiger charge is -2.61. The highest BCUT2D eigenvalue weighted by molar-refractivity contribution is 5.36. The van der Waals surface area contributed by atoms with Crippen LogP contribution < -0.4 is 0 Å². The Morgan fingerprint density at radius 2 is 1.48 bits per heavy atom. The minimum atomic E-state index is 0.507. The van der Waals surface area contributed by atoms with Crippen LogP contribution in [-0.4, -0.2) is 25.0 Å². The third kappa shape index (κ3) is 1.97. The van der Waals surface area contributed by atoms with Crippen LogP contribution in [0.4, 0.5) is 0 Å². The normalized spacial score (nSPS) is 56.1. The Hall–Kier alpha value is -0.300. The molecular weight excluding hydrogens is 326 g/mol. The number of fused-ring (bicyclic) bond motifs is 2. The monoisotopic (exact) mass is 369 g/mol. The van der Waals surface area contributed by atoms with Gasteiger partial charge in [0.15, 0.2) is 0 Å². The maximum absolute atomic E-state index is 2.78. The molecule has 0 bridgehead atoms. The molecule has 0 radical (unpaired) electrons. The summed E-state index contributed by atoms with van der Waals surface area (Å²) in [6.45, 7) is 13.0. The second kappa shape index (κ2) is 5.24. The van der Waals surface area contributed by atoms with Crippen molar-refractivity contribution in [3.63, 3.8) is 0 Å². The zero-order chi connectivity index (χ0) is 19.5. The molecule has 8 unspecified atom stereocenters. The van der Waals surface area contributed by atoms with E-state index in [1.807, 2.05) is 0 Å². The van der Waals surface area contributed by atoms with Gasteiger partial charge in [-0.3, -0.25) is 0 Å². The fourth-order valence-corrected chi connectivity index (χ4v) is 9.86. The number of rotatable bonds is 2. The molecule has 0 aromatic rings. The summed E-state index contributed by atoms with van der Waals surface area (Å²) >= 11 is 0. The van der Waals surface area contributed by atoms with Crippen LogP contribution >= 0.6 is 0 Å². The number of hydrogen-bond acceptors (Lipinski definition) is 1. The number of allylic oxidation sites excluding steroid dienone is 2. The minimum absolute atomic E-state index is 0.507. The maximum atomic E-state index is 2.78. The van der Waals surface area contributed by atoms with Crippen molar-refractivity contribution in [3.8, 4) is 0 Å². The number of hydrogen-bond donors (Lipinski definition) is 0. The Labute approximate surface area is 168 Å². The first-order chi connectivity index (χ1) is 12.5. The smallest absolute Gasteiger partial charge is 0.00945 e. The van der Waals surface area contributed by atoms with Crippen molar-refractivity contribution in [1.82, 2.24) is 4.90 Å². The first-order valence-electron chi connectivity index (χ1n) is 11.9. The Balaban J connectivity index is 1.55. The standard InChI is InChI=1S/C26H43N/c1-18(27(6)7)19-11-14-24(5)21-10-9-20-22(2,3)12-8-13-25(20)17-26(21,25)16-15-23(19,24)4/h9-10,18-21H,8,11-17H2,1-7H3.